The van der Waals surface area contributed by atoms with E-state index in [0.29, 0.717) is 16.9 Å². The fraction of sp³-hybridized carbons (Fsp3) is 0.212. The van der Waals surface area contributed by atoms with Gasteiger partial charge in [-0.1, -0.05) is 42.5 Å². The highest BCUT2D eigenvalue weighted by Crippen LogP contribution is 2.25. The van der Waals surface area contributed by atoms with Crippen LogP contribution < -0.4 is 10.6 Å². The molecule has 0 spiro atoms. The number of nitrogens with one attached hydrogen (secondary N) is 2. The van der Waals surface area contributed by atoms with Gasteiger partial charge in [0.15, 0.2) is 0 Å². The van der Waals surface area contributed by atoms with Gasteiger partial charge in [-0.05, 0) is 99.6 Å². The summed E-state index contributed by atoms with van der Waals surface area (Å²) >= 11 is 0. The normalized spacial score (nSPS) is 12.0. The molecule has 3 aromatic carbocycles. The first-order valence-corrected chi connectivity index (χ1v) is 15.1. The van der Waals surface area contributed by atoms with Crippen LogP contribution in [0.15, 0.2) is 102 Å². The van der Waals surface area contributed by atoms with E-state index < -0.39 is 27.6 Å². The first-order chi connectivity index (χ1) is 20.3. The van der Waals surface area contributed by atoms with Crippen molar-refractivity contribution in [3.8, 4) is 11.1 Å². The molecule has 0 atom stereocenters. The predicted molar refractivity (Wildman–Crippen MR) is 170 cm³/mol. The van der Waals surface area contributed by atoms with Crippen LogP contribution in [0.4, 0.5) is 16.2 Å². The molecule has 0 bridgehead atoms. The molecule has 0 radical (unpaired) electrons. The zero-order chi connectivity index (χ0) is 31.2. The number of benzene rings is 3. The number of aromatic nitrogens is 1. The summed E-state index contributed by atoms with van der Waals surface area (Å²) in [7, 11) is 0.188. The average molecular weight is 601 g/mol. The fourth-order valence-electron chi connectivity index (χ4n) is 4.26. The monoisotopic (exact) mass is 600 g/mol. The molecule has 4 aromatic rings. The molecule has 224 valence electrons. The number of para-hydroxylation sites is 2. The van der Waals surface area contributed by atoms with Gasteiger partial charge in [-0.25, -0.2) is 17.2 Å². The average Bonchev–Trinajstić information content (AvgIpc) is 3.42. The smallest absolute Gasteiger partial charge is 0.412 e. The highest BCUT2D eigenvalue weighted by Gasteiger charge is 2.18. The van der Waals surface area contributed by atoms with Crippen LogP contribution >= 0.6 is 0 Å². The standard InChI is InChI=1S/C33H36N4O5S/c1-33(2,3)42-32(39)35-30-12-7-6-11-29(30)34-31(38)18-13-24-19-20-37(23-24)43(40,41)28-16-14-26(15-17-28)27-10-8-9-25(21-27)22-36(4)5/h6-21,23H,22H2,1-5H3,(H,34,38)(H,35,39). The van der Waals surface area contributed by atoms with Crippen LogP contribution in [0.2, 0.25) is 0 Å². The molecule has 0 unspecified atom stereocenters. The van der Waals surface area contributed by atoms with E-state index in [1.165, 1.54) is 30.1 Å². The van der Waals surface area contributed by atoms with E-state index in [9.17, 15) is 18.0 Å². The second-order valence-electron chi connectivity index (χ2n) is 11.2. The Morgan fingerprint density at radius 1 is 0.884 bits per heavy atom. The zero-order valence-corrected chi connectivity index (χ0v) is 25.7. The lowest BCUT2D eigenvalue weighted by Gasteiger charge is -2.20. The van der Waals surface area contributed by atoms with Crippen molar-refractivity contribution < 1.29 is 22.7 Å². The molecule has 0 fully saturated rings. The molecule has 4 rings (SSSR count). The first kappa shape index (κ1) is 31.3. The molecule has 0 aliphatic rings. The van der Waals surface area contributed by atoms with Crippen molar-refractivity contribution in [2.75, 3.05) is 24.7 Å². The van der Waals surface area contributed by atoms with E-state index >= 15 is 0 Å². The number of rotatable bonds is 9. The third kappa shape index (κ3) is 8.67. The minimum atomic E-state index is -3.84. The van der Waals surface area contributed by atoms with Crippen LogP contribution in [0.1, 0.15) is 31.9 Å². The Bertz CT molecular complexity index is 1730. The van der Waals surface area contributed by atoms with Gasteiger partial charge in [0.25, 0.3) is 10.0 Å². The number of anilines is 2. The Balaban J connectivity index is 1.42. The molecule has 0 aliphatic heterocycles. The summed E-state index contributed by atoms with van der Waals surface area (Å²) in [5.41, 5.74) is 3.72. The minimum absolute atomic E-state index is 0.152. The number of ether oxygens (including phenoxy) is 1. The number of hydrogen-bond acceptors (Lipinski definition) is 6. The summed E-state index contributed by atoms with van der Waals surface area (Å²) in [5.74, 6) is -0.459. The predicted octanol–water partition coefficient (Wildman–Crippen LogP) is 6.45. The molecular weight excluding hydrogens is 564 g/mol. The van der Waals surface area contributed by atoms with E-state index in [0.717, 1.165) is 21.6 Å². The topological polar surface area (TPSA) is 110 Å². The fourth-order valence-corrected chi connectivity index (χ4v) is 5.46. The van der Waals surface area contributed by atoms with Gasteiger partial charge in [0.1, 0.15) is 5.60 Å². The summed E-state index contributed by atoms with van der Waals surface area (Å²) in [4.78, 5) is 27.0. The Morgan fingerprint density at radius 2 is 1.56 bits per heavy atom. The van der Waals surface area contributed by atoms with Crippen LogP contribution in [0.3, 0.4) is 0 Å². The number of hydrogen-bond donors (Lipinski definition) is 2. The molecule has 9 nitrogen and oxygen atoms in total. The maximum atomic E-state index is 13.3. The Morgan fingerprint density at radius 3 is 2.21 bits per heavy atom. The summed E-state index contributed by atoms with van der Waals surface area (Å²) in [6.07, 6.45) is 5.03. The second kappa shape index (κ2) is 13.1. The lowest BCUT2D eigenvalue weighted by Crippen LogP contribution is -2.27. The molecule has 0 saturated heterocycles. The minimum Gasteiger partial charge on any atom is -0.444 e. The molecular formula is C33H36N4O5S. The van der Waals surface area contributed by atoms with Crippen molar-refractivity contribution in [1.82, 2.24) is 8.87 Å². The van der Waals surface area contributed by atoms with Crippen LogP contribution in [0.5, 0.6) is 0 Å². The second-order valence-corrected chi connectivity index (χ2v) is 13.1. The number of nitrogens with zero attached hydrogens (tertiary/aromatic N) is 2. The van der Waals surface area contributed by atoms with Crippen LogP contribution in [-0.2, 0) is 26.1 Å². The van der Waals surface area contributed by atoms with Crippen molar-refractivity contribution in [3.05, 3.63) is 108 Å². The highest BCUT2D eigenvalue weighted by atomic mass is 32.2. The van der Waals surface area contributed by atoms with E-state index in [1.807, 2.05) is 26.2 Å². The molecule has 10 heteroatoms. The van der Waals surface area contributed by atoms with Gasteiger partial charge in [-0.3, -0.25) is 10.1 Å². The summed E-state index contributed by atoms with van der Waals surface area (Å²) in [5, 5.41) is 5.35. The highest BCUT2D eigenvalue weighted by molar-refractivity contribution is 7.90. The Kier molecular flexibility index (Phi) is 9.53. The lowest BCUT2D eigenvalue weighted by molar-refractivity contribution is -0.111. The van der Waals surface area contributed by atoms with Crippen LogP contribution in [-0.4, -0.2) is 49.0 Å². The lowest BCUT2D eigenvalue weighted by atomic mass is 10.0. The summed E-state index contributed by atoms with van der Waals surface area (Å²) in [6.45, 7) is 6.08. The number of carbonyl (C=O) groups is 2. The van der Waals surface area contributed by atoms with E-state index in [2.05, 4.69) is 27.7 Å². The van der Waals surface area contributed by atoms with Crippen molar-refractivity contribution in [3.63, 3.8) is 0 Å². The molecule has 2 amide bonds. The van der Waals surface area contributed by atoms with Crippen LogP contribution in [0, 0.1) is 0 Å². The van der Waals surface area contributed by atoms with Gasteiger partial charge in [-0.15, -0.1) is 0 Å². The molecule has 1 aromatic heterocycles. The van der Waals surface area contributed by atoms with Crippen LogP contribution in [0.25, 0.3) is 17.2 Å². The van der Waals surface area contributed by atoms with Crippen molar-refractivity contribution in [1.29, 1.82) is 0 Å². The van der Waals surface area contributed by atoms with Gasteiger partial charge in [0, 0.05) is 25.0 Å². The van der Waals surface area contributed by atoms with Crippen molar-refractivity contribution >= 4 is 39.5 Å². The molecule has 1 heterocycles. The first-order valence-electron chi connectivity index (χ1n) is 13.7. The molecule has 0 saturated carbocycles. The Labute approximate surface area is 252 Å². The molecule has 43 heavy (non-hydrogen) atoms. The van der Waals surface area contributed by atoms with Crippen molar-refractivity contribution in [2.45, 2.75) is 37.8 Å². The maximum Gasteiger partial charge on any atom is 0.412 e. The third-order valence-electron chi connectivity index (χ3n) is 6.13. The van der Waals surface area contributed by atoms with Crippen molar-refractivity contribution in [2.24, 2.45) is 0 Å². The van der Waals surface area contributed by atoms with Gasteiger partial charge >= 0.3 is 6.09 Å². The van der Waals surface area contributed by atoms with Gasteiger partial charge in [-0.2, -0.15) is 0 Å². The van der Waals surface area contributed by atoms with Gasteiger partial charge in [0.2, 0.25) is 5.91 Å². The van der Waals surface area contributed by atoms with E-state index in [1.54, 1.807) is 75.4 Å². The number of carbonyl (C=O) groups excluding carboxylic acids is 2. The summed E-state index contributed by atoms with van der Waals surface area (Å²) < 4.78 is 32.9. The van der Waals surface area contributed by atoms with Gasteiger partial charge in [0.05, 0.1) is 16.3 Å². The third-order valence-corrected chi connectivity index (χ3v) is 7.78. The Hall–Kier alpha value is -4.67. The maximum absolute atomic E-state index is 13.3. The van der Waals surface area contributed by atoms with Gasteiger partial charge < -0.3 is 15.0 Å². The SMILES string of the molecule is CN(C)Cc1cccc(-c2ccc(S(=O)(=O)n3ccc(C=CC(=O)Nc4ccccc4NC(=O)OC(C)(C)C)c3)cc2)c1. The molecule has 2 N–H and O–H groups in total. The van der Waals surface area contributed by atoms with E-state index in [-0.39, 0.29) is 4.90 Å². The largest absolute Gasteiger partial charge is 0.444 e. The molecule has 0 aliphatic carbocycles. The number of amides is 2. The quantitative estimate of drug-likeness (QED) is 0.214. The summed E-state index contributed by atoms with van der Waals surface area (Å²) in [6, 6.07) is 23.3. The van der Waals surface area contributed by atoms with E-state index in [4.69, 9.17) is 4.74 Å². The zero-order valence-electron chi connectivity index (χ0n) is 24.9.